The molecule has 10 heteroatoms. The zero-order valence-corrected chi connectivity index (χ0v) is 18.0. The predicted octanol–water partition coefficient (Wildman–Crippen LogP) is 3.29. The van der Waals surface area contributed by atoms with E-state index in [4.69, 9.17) is 11.6 Å². The van der Waals surface area contributed by atoms with E-state index in [9.17, 15) is 18.0 Å². The third-order valence-electron chi connectivity index (χ3n) is 5.79. The van der Waals surface area contributed by atoms with Crippen molar-refractivity contribution in [3.05, 3.63) is 59.0 Å². The molecule has 1 aromatic carbocycles. The minimum Gasteiger partial charge on any atom is -0.353 e. The summed E-state index contributed by atoms with van der Waals surface area (Å²) in [6.45, 7) is 3.68. The lowest BCUT2D eigenvalue weighted by atomic mass is 9.92. The molecule has 2 aliphatic rings. The molecule has 1 aromatic heterocycles. The van der Waals surface area contributed by atoms with Gasteiger partial charge in [0.2, 0.25) is 0 Å². The van der Waals surface area contributed by atoms with Gasteiger partial charge in [-0.3, -0.25) is 14.7 Å². The number of benzene rings is 1. The second kappa shape index (κ2) is 9.56. The summed E-state index contributed by atoms with van der Waals surface area (Å²) in [5, 5.41) is 2.84. The zero-order valence-electron chi connectivity index (χ0n) is 17.3. The van der Waals surface area contributed by atoms with Crippen LogP contribution in [0.1, 0.15) is 17.5 Å². The number of alkyl halides is 3. The second-order valence-corrected chi connectivity index (χ2v) is 8.29. The summed E-state index contributed by atoms with van der Waals surface area (Å²) in [7, 11) is 0. The van der Waals surface area contributed by atoms with Crippen molar-refractivity contribution in [1.82, 2.24) is 20.2 Å². The largest absolute Gasteiger partial charge is 0.417 e. The summed E-state index contributed by atoms with van der Waals surface area (Å²) in [5.41, 5.74) is 0.301. The molecule has 32 heavy (non-hydrogen) atoms. The van der Waals surface area contributed by atoms with Crippen LogP contribution in [0.4, 0.5) is 19.0 Å². The predicted molar refractivity (Wildman–Crippen MR) is 117 cm³/mol. The molecular weight excluding hydrogens is 443 g/mol. The average molecular weight is 466 g/mol. The zero-order chi connectivity index (χ0) is 22.7. The maximum Gasteiger partial charge on any atom is 0.417 e. The van der Waals surface area contributed by atoms with Crippen LogP contribution < -0.4 is 10.2 Å². The number of aromatic nitrogens is 2. The lowest BCUT2D eigenvalue weighted by molar-refractivity contribution is -0.137. The number of nitrogens with zero attached hydrogens (tertiary/aromatic N) is 4. The number of carbonyl (C=O) groups excluding carboxylic acids is 1. The standard InChI is InChI=1S/C22H23ClF3N5O/c23-18-2-1-15(11-17(18)22(24,25)26)16-3-4-28-19(12-16)20(32)14-30-7-9-31(10-8-30)21-13-27-5-6-29-21/h1-3,5-6,11,13,19,28H,4,7-10,12,14H2. The Labute approximate surface area is 189 Å². The Balaban J connectivity index is 1.35. The first-order chi connectivity index (χ1) is 15.3. The van der Waals surface area contributed by atoms with Crippen molar-refractivity contribution in [2.75, 3.05) is 44.2 Å². The minimum absolute atomic E-state index is 0.0357. The van der Waals surface area contributed by atoms with E-state index >= 15 is 0 Å². The monoisotopic (exact) mass is 465 g/mol. The van der Waals surface area contributed by atoms with E-state index in [2.05, 4.69) is 25.1 Å². The van der Waals surface area contributed by atoms with E-state index in [-0.39, 0.29) is 10.8 Å². The summed E-state index contributed by atoms with van der Waals surface area (Å²) in [6.07, 6.45) is 2.66. The molecule has 0 bridgehead atoms. The molecule has 0 aliphatic carbocycles. The molecule has 2 aliphatic heterocycles. The van der Waals surface area contributed by atoms with E-state index in [1.807, 2.05) is 6.08 Å². The van der Waals surface area contributed by atoms with Gasteiger partial charge in [-0.1, -0.05) is 23.7 Å². The van der Waals surface area contributed by atoms with E-state index in [0.717, 1.165) is 43.6 Å². The van der Waals surface area contributed by atoms with Crippen LogP contribution in [0.15, 0.2) is 42.9 Å². The van der Waals surface area contributed by atoms with Crippen LogP contribution in [-0.4, -0.2) is 66.0 Å². The fourth-order valence-corrected chi connectivity index (χ4v) is 4.25. The van der Waals surface area contributed by atoms with Gasteiger partial charge in [-0.15, -0.1) is 0 Å². The summed E-state index contributed by atoms with van der Waals surface area (Å²) >= 11 is 5.73. The van der Waals surface area contributed by atoms with Crippen LogP contribution in [0.2, 0.25) is 5.02 Å². The van der Waals surface area contributed by atoms with Gasteiger partial charge in [-0.2, -0.15) is 13.2 Å². The minimum atomic E-state index is -4.52. The molecular formula is C22H23ClF3N5O. The molecule has 0 amide bonds. The first kappa shape index (κ1) is 22.7. The number of nitrogens with one attached hydrogen (secondary N) is 1. The Kier molecular flexibility index (Phi) is 6.78. The van der Waals surface area contributed by atoms with Gasteiger partial charge in [0.05, 0.1) is 29.4 Å². The van der Waals surface area contributed by atoms with Gasteiger partial charge in [0.15, 0.2) is 5.78 Å². The highest BCUT2D eigenvalue weighted by atomic mass is 35.5. The third-order valence-corrected chi connectivity index (χ3v) is 6.12. The first-order valence-electron chi connectivity index (χ1n) is 10.4. The number of anilines is 1. The molecule has 0 saturated carbocycles. The molecule has 6 nitrogen and oxygen atoms in total. The van der Waals surface area contributed by atoms with Crippen LogP contribution in [-0.2, 0) is 11.0 Å². The number of Topliss-reactive ketones (excluding diaryl/α,β-unsaturated/α-hetero) is 1. The fraction of sp³-hybridized carbons (Fsp3) is 0.409. The average Bonchev–Trinajstić information content (AvgIpc) is 2.80. The van der Waals surface area contributed by atoms with E-state index in [1.54, 1.807) is 24.7 Å². The van der Waals surface area contributed by atoms with Crippen molar-refractivity contribution in [1.29, 1.82) is 0 Å². The van der Waals surface area contributed by atoms with Crippen LogP contribution in [0.25, 0.3) is 5.57 Å². The van der Waals surface area contributed by atoms with Gasteiger partial charge in [0.25, 0.3) is 0 Å². The van der Waals surface area contributed by atoms with Crippen molar-refractivity contribution in [3.8, 4) is 0 Å². The Bertz CT molecular complexity index is 991. The highest BCUT2D eigenvalue weighted by molar-refractivity contribution is 6.31. The van der Waals surface area contributed by atoms with Gasteiger partial charge >= 0.3 is 6.18 Å². The molecule has 1 fully saturated rings. The van der Waals surface area contributed by atoms with Crippen LogP contribution in [0.5, 0.6) is 0 Å². The summed E-state index contributed by atoms with van der Waals surface area (Å²) < 4.78 is 39.6. The topological polar surface area (TPSA) is 61.4 Å². The Morgan fingerprint density at radius 3 is 2.66 bits per heavy atom. The van der Waals surface area contributed by atoms with Crippen molar-refractivity contribution < 1.29 is 18.0 Å². The number of halogens is 4. The van der Waals surface area contributed by atoms with E-state index in [0.29, 0.717) is 25.1 Å². The SMILES string of the molecule is O=C(CN1CCN(c2cnccn2)CC1)C1CC(c2ccc(Cl)c(C(F)(F)F)c2)=CCN1. The Hall–Kier alpha value is -2.49. The first-order valence-corrected chi connectivity index (χ1v) is 10.7. The summed E-state index contributed by atoms with van der Waals surface area (Å²) in [6, 6.07) is 3.46. The number of piperazine rings is 1. The van der Waals surface area contributed by atoms with E-state index < -0.39 is 17.8 Å². The molecule has 170 valence electrons. The van der Waals surface area contributed by atoms with Gasteiger partial charge in [-0.25, -0.2) is 4.98 Å². The van der Waals surface area contributed by atoms with Crippen LogP contribution >= 0.6 is 11.6 Å². The quantitative estimate of drug-likeness (QED) is 0.731. The number of hydrogen-bond donors (Lipinski definition) is 1. The maximum atomic E-state index is 13.2. The molecule has 1 atom stereocenters. The van der Waals surface area contributed by atoms with Gasteiger partial charge in [-0.05, 0) is 29.7 Å². The second-order valence-electron chi connectivity index (χ2n) is 7.88. The van der Waals surface area contributed by atoms with Crippen LogP contribution in [0, 0.1) is 0 Å². The normalized spacial score (nSPS) is 20.2. The van der Waals surface area contributed by atoms with Crippen molar-refractivity contribution in [2.45, 2.75) is 18.6 Å². The van der Waals surface area contributed by atoms with Crippen molar-refractivity contribution in [3.63, 3.8) is 0 Å². The van der Waals surface area contributed by atoms with Crippen molar-refractivity contribution >= 4 is 28.8 Å². The van der Waals surface area contributed by atoms with Crippen molar-refractivity contribution in [2.24, 2.45) is 0 Å². The third kappa shape index (κ3) is 5.28. The molecule has 1 N–H and O–H groups in total. The van der Waals surface area contributed by atoms with Gasteiger partial charge in [0.1, 0.15) is 5.82 Å². The number of carbonyl (C=O) groups is 1. The van der Waals surface area contributed by atoms with E-state index in [1.165, 1.54) is 6.07 Å². The molecule has 3 heterocycles. The summed E-state index contributed by atoms with van der Waals surface area (Å²) in [4.78, 5) is 25.5. The number of hydrogen-bond acceptors (Lipinski definition) is 6. The highest BCUT2D eigenvalue weighted by Gasteiger charge is 2.34. The highest BCUT2D eigenvalue weighted by Crippen LogP contribution is 2.37. The maximum absolute atomic E-state index is 13.2. The van der Waals surface area contributed by atoms with Crippen LogP contribution in [0.3, 0.4) is 0 Å². The molecule has 2 aromatic rings. The molecule has 1 unspecified atom stereocenters. The Morgan fingerprint density at radius 1 is 1.19 bits per heavy atom. The molecule has 1 saturated heterocycles. The number of ketones is 1. The van der Waals surface area contributed by atoms with Gasteiger partial charge in [0, 0.05) is 45.1 Å². The molecule has 0 spiro atoms. The number of rotatable bonds is 5. The summed E-state index contributed by atoms with van der Waals surface area (Å²) in [5.74, 6) is 0.858. The Morgan fingerprint density at radius 2 is 1.97 bits per heavy atom. The molecule has 4 rings (SSSR count). The lowest BCUT2D eigenvalue weighted by Gasteiger charge is -2.35. The molecule has 0 radical (unpaired) electrons. The van der Waals surface area contributed by atoms with Gasteiger partial charge < -0.3 is 10.2 Å². The smallest absolute Gasteiger partial charge is 0.353 e. The fourth-order valence-electron chi connectivity index (χ4n) is 4.03. The lowest BCUT2D eigenvalue weighted by Crippen LogP contribution is -2.51.